The summed E-state index contributed by atoms with van der Waals surface area (Å²) in [5.74, 6) is -0.802. The lowest BCUT2D eigenvalue weighted by Gasteiger charge is -2.35. The lowest BCUT2D eigenvalue weighted by molar-refractivity contribution is 0.440. The molecular formula is C19H12Cl4O5S. The number of aromatic hydroxyl groups is 2. The third-order valence-electron chi connectivity index (χ3n) is 4.38. The van der Waals surface area contributed by atoms with Gasteiger partial charge in [0.05, 0.1) is 20.1 Å². The summed E-state index contributed by atoms with van der Waals surface area (Å²) in [7, 11) is -5.16. The highest BCUT2D eigenvalue weighted by molar-refractivity contribution is 7.87. The molecule has 0 bridgehead atoms. The fraction of sp³-hybridized carbons (Fsp3) is 0.0526. The van der Waals surface area contributed by atoms with E-state index in [4.69, 9.17) is 46.4 Å². The highest BCUT2D eigenvalue weighted by Gasteiger charge is 2.53. The van der Waals surface area contributed by atoms with E-state index in [1.807, 2.05) is 0 Å². The molecule has 5 nitrogen and oxygen atoms in total. The van der Waals surface area contributed by atoms with E-state index >= 15 is 0 Å². The van der Waals surface area contributed by atoms with Crippen molar-refractivity contribution in [1.29, 1.82) is 0 Å². The number of rotatable bonds is 4. The largest absolute Gasteiger partial charge is 0.508 e. The molecule has 0 saturated carbocycles. The van der Waals surface area contributed by atoms with E-state index in [2.05, 4.69) is 0 Å². The van der Waals surface area contributed by atoms with Gasteiger partial charge in [0.2, 0.25) is 0 Å². The number of benzene rings is 3. The van der Waals surface area contributed by atoms with Crippen LogP contribution in [0.4, 0.5) is 0 Å². The number of hydrogen-bond donors (Lipinski definition) is 3. The molecular weight excluding hydrogens is 482 g/mol. The predicted molar refractivity (Wildman–Crippen MR) is 114 cm³/mol. The SMILES string of the molecule is O=S(=O)(O)C(c1ccccc1O)(c1cccc(Cl)c1Cl)c1c(Cl)cc(O)cc1Cl. The molecule has 0 spiro atoms. The predicted octanol–water partition coefficient (Wildman–Crippen LogP) is 5.89. The van der Waals surface area contributed by atoms with E-state index < -0.39 is 20.6 Å². The van der Waals surface area contributed by atoms with Gasteiger partial charge in [0.1, 0.15) is 11.5 Å². The Balaban J connectivity index is 2.68. The van der Waals surface area contributed by atoms with Gasteiger partial charge in [-0.15, -0.1) is 0 Å². The maximum atomic E-state index is 13.0. The summed E-state index contributed by atoms with van der Waals surface area (Å²) < 4.78 is 34.0. The van der Waals surface area contributed by atoms with Crippen molar-refractivity contribution in [3.05, 3.63) is 91.4 Å². The van der Waals surface area contributed by atoms with E-state index in [0.717, 1.165) is 12.1 Å². The summed E-state index contributed by atoms with van der Waals surface area (Å²) in [5.41, 5.74) is -0.766. The minimum absolute atomic E-state index is 0.00126. The van der Waals surface area contributed by atoms with Crippen LogP contribution in [0.1, 0.15) is 16.7 Å². The van der Waals surface area contributed by atoms with Gasteiger partial charge in [-0.2, -0.15) is 8.42 Å². The molecule has 3 rings (SSSR count). The van der Waals surface area contributed by atoms with E-state index in [1.165, 1.54) is 42.5 Å². The van der Waals surface area contributed by atoms with Crippen LogP contribution in [0.15, 0.2) is 54.6 Å². The van der Waals surface area contributed by atoms with Crippen LogP contribution in [0.25, 0.3) is 0 Å². The number of hydrogen-bond acceptors (Lipinski definition) is 4. The maximum Gasteiger partial charge on any atom is 0.283 e. The third kappa shape index (κ3) is 3.54. The first-order chi connectivity index (χ1) is 13.5. The maximum absolute atomic E-state index is 13.0. The number of halogens is 4. The third-order valence-corrected chi connectivity index (χ3v) is 7.21. The van der Waals surface area contributed by atoms with E-state index in [9.17, 15) is 23.2 Å². The summed E-state index contributed by atoms with van der Waals surface area (Å²) in [6.07, 6.45) is 0. The van der Waals surface area contributed by atoms with Crippen molar-refractivity contribution in [2.75, 3.05) is 0 Å². The quantitative estimate of drug-likeness (QED) is 0.311. The molecule has 10 heteroatoms. The molecule has 0 heterocycles. The van der Waals surface area contributed by atoms with Crippen LogP contribution >= 0.6 is 46.4 Å². The standard InChI is InChI=1S/C19H12Cl4O5S/c20-13-6-3-5-12(18(13)23)19(29(26,27)28,11-4-1-2-7-16(11)25)17-14(21)8-10(24)9-15(17)22/h1-9,24-25H,(H,26,27,28). The van der Waals surface area contributed by atoms with Gasteiger partial charge in [0.25, 0.3) is 10.1 Å². The highest BCUT2D eigenvalue weighted by Crippen LogP contribution is 2.54. The topological polar surface area (TPSA) is 94.8 Å². The van der Waals surface area contributed by atoms with Gasteiger partial charge in [0, 0.05) is 16.7 Å². The van der Waals surface area contributed by atoms with Gasteiger partial charge < -0.3 is 10.2 Å². The van der Waals surface area contributed by atoms with Crippen LogP contribution in [-0.2, 0) is 14.9 Å². The Morgan fingerprint density at radius 3 is 1.86 bits per heavy atom. The molecule has 1 atom stereocenters. The van der Waals surface area contributed by atoms with Gasteiger partial charge in [0.15, 0.2) is 4.75 Å². The normalized spacial score (nSPS) is 13.8. The number of phenolic OH excluding ortho intramolecular Hbond substituents is 2. The molecule has 29 heavy (non-hydrogen) atoms. The first kappa shape index (κ1) is 22.0. The lowest BCUT2D eigenvalue weighted by Crippen LogP contribution is -2.39. The molecule has 3 N–H and O–H groups in total. The zero-order valence-electron chi connectivity index (χ0n) is 14.3. The van der Waals surface area contributed by atoms with Crippen molar-refractivity contribution in [3.63, 3.8) is 0 Å². The molecule has 0 radical (unpaired) electrons. The van der Waals surface area contributed by atoms with Crippen molar-refractivity contribution in [1.82, 2.24) is 0 Å². The molecule has 0 saturated heterocycles. The first-order valence-electron chi connectivity index (χ1n) is 7.90. The molecule has 1 unspecified atom stereocenters. The molecule has 0 aromatic heterocycles. The smallest absolute Gasteiger partial charge is 0.283 e. The Bertz CT molecular complexity index is 1190. The van der Waals surface area contributed by atoms with E-state index in [-0.39, 0.29) is 42.5 Å². The van der Waals surface area contributed by atoms with Crippen LogP contribution in [0, 0.1) is 0 Å². The van der Waals surface area contributed by atoms with Crippen LogP contribution in [0.2, 0.25) is 20.1 Å². The van der Waals surface area contributed by atoms with Crippen LogP contribution in [0.3, 0.4) is 0 Å². The van der Waals surface area contributed by atoms with Crippen molar-refractivity contribution < 1.29 is 23.2 Å². The fourth-order valence-corrected chi connectivity index (χ4v) is 6.01. The second-order valence-corrected chi connectivity index (χ2v) is 9.22. The van der Waals surface area contributed by atoms with Gasteiger partial charge in [-0.05, 0) is 24.3 Å². The van der Waals surface area contributed by atoms with Crippen molar-refractivity contribution in [3.8, 4) is 11.5 Å². The van der Waals surface area contributed by atoms with Crippen molar-refractivity contribution in [2.24, 2.45) is 0 Å². The summed E-state index contributed by atoms with van der Waals surface area (Å²) in [6, 6.07) is 11.7. The minimum atomic E-state index is -5.16. The summed E-state index contributed by atoms with van der Waals surface area (Å²) in [5, 5.41) is 19.6. The van der Waals surface area contributed by atoms with Gasteiger partial charge in [-0.25, -0.2) is 0 Å². The molecule has 152 valence electrons. The second kappa shape index (κ2) is 7.87. The van der Waals surface area contributed by atoms with E-state index in [0.29, 0.717) is 0 Å². The zero-order chi connectivity index (χ0) is 21.6. The molecule has 0 aliphatic rings. The van der Waals surface area contributed by atoms with Crippen molar-refractivity contribution >= 4 is 56.5 Å². The Hall–Kier alpha value is -1.67. The van der Waals surface area contributed by atoms with Gasteiger partial charge >= 0.3 is 0 Å². The zero-order valence-corrected chi connectivity index (χ0v) is 18.1. The van der Waals surface area contributed by atoms with Crippen LogP contribution in [-0.4, -0.2) is 23.2 Å². The molecule has 0 fully saturated rings. The molecule has 3 aromatic carbocycles. The summed E-state index contributed by atoms with van der Waals surface area (Å²) in [6.45, 7) is 0. The Morgan fingerprint density at radius 1 is 0.759 bits per heavy atom. The lowest BCUT2D eigenvalue weighted by atomic mass is 9.83. The first-order valence-corrected chi connectivity index (χ1v) is 10.9. The van der Waals surface area contributed by atoms with E-state index in [1.54, 1.807) is 0 Å². The average molecular weight is 494 g/mol. The minimum Gasteiger partial charge on any atom is -0.508 e. The monoisotopic (exact) mass is 492 g/mol. The molecule has 0 aliphatic heterocycles. The number of phenols is 2. The molecule has 3 aromatic rings. The fourth-order valence-electron chi connectivity index (χ4n) is 3.26. The van der Waals surface area contributed by atoms with Gasteiger partial charge in [-0.1, -0.05) is 76.7 Å². The summed E-state index contributed by atoms with van der Waals surface area (Å²) in [4.78, 5) is 0. The van der Waals surface area contributed by atoms with Crippen molar-refractivity contribution in [2.45, 2.75) is 4.75 Å². The number of para-hydroxylation sites is 1. The van der Waals surface area contributed by atoms with Crippen LogP contribution in [0.5, 0.6) is 11.5 Å². The average Bonchev–Trinajstić information content (AvgIpc) is 2.60. The Morgan fingerprint density at radius 2 is 1.31 bits per heavy atom. The Kier molecular flexibility index (Phi) is 5.98. The second-order valence-electron chi connectivity index (χ2n) is 6.06. The van der Waals surface area contributed by atoms with Crippen LogP contribution < -0.4 is 0 Å². The molecule has 0 aliphatic carbocycles. The van der Waals surface area contributed by atoms with Gasteiger partial charge in [-0.3, -0.25) is 4.55 Å². The molecule has 0 amide bonds. The Labute approximate surface area is 186 Å². The summed E-state index contributed by atoms with van der Waals surface area (Å²) >= 11 is 25.0. The highest BCUT2D eigenvalue weighted by atomic mass is 35.5.